The molecule has 0 radical (unpaired) electrons. The van der Waals surface area contributed by atoms with E-state index >= 15 is 0 Å². The van der Waals surface area contributed by atoms with Gasteiger partial charge in [-0.3, -0.25) is 4.79 Å². The molecule has 0 aliphatic heterocycles. The zero-order valence-corrected chi connectivity index (χ0v) is 15.9. The molecule has 3 aromatic rings. The Labute approximate surface area is 162 Å². The van der Waals surface area contributed by atoms with Crippen LogP contribution in [0.3, 0.4) is 0 Å². The quantitative estimate of drug-likeness (QED) is 0.552. The number of rotatable bonds is 8. The lowest BCUT2D eigenvalue weighted by Crippen LogP contribution is -2.28. The predicted octanol–water partition coefficient (Wildman–Crippen LogP) is 4.75. The zero-order valence-electron chi connectivity index (χ0n) is 14.3. The molecule has 1 heterocycles. The van der Waals surface area contributed by atoms with Crippen molar-refractivity contribution in [3.63, 3.8) is 0 Å². The Morgan fingerprint density at radius 1 is 1.04 bits per heavy atom. The third-order valence-electron chi connectivity index (χ3n) is 3.93. The summed E-state index contributed by atoms with van der Waals surface area (Å²) >= 11 is 3.35. The van der Waals surface area contributed by atoms with E-state index in [0.717, 1.165) is 21.8 Å². The Kier molecular flexibility index (Phi) is 6.89. The number of thiophene rings is 1. The summed E-state index contributed by atoms with van der Waals surface area (Å²) in [7, 11) is 0. The molecular formula is C21H21NO2S2. The molecule has 1 atom stereocenters. The van der Waals surface area contributed by atoms with Crippen molar-refractivity contribution < 1.29 is 9.90 Å². The van der Waals surface area contributed by atoms with Crippen molar-refractivity contribution in [1.82, 2.24) is 5.32 Å². The van der Waals surface area contributed by atoms with Crippen molar-refractivity contribution in [2.45, 2.75) is 17.4 Å². The molecule has 0 saturated carbocycles. The largest absolute Gasteiger partial charge is 0.387 e. The molecule has 0 aliphatic rings. The van der Waals surface area contributed by atoms with Crippen LogP contribution in [0.1, 0.15) is 18.1 Å². The van der Waals surface area contributed by atoms with E-state index in [4.69, 9.17) is 0 Å². The predicted molar refractivity (Wildman–Crippen MR) is 110 cm³/mol. The van der Waals surface area contributed by atoms with Gasteiger partial charge in [-0.05, 0) is 34.7 Å². The van der Waals surface area contributed by atoms with Gasteiger partial charge >= 0.3 is 0 Å². The van der Waals surface area contributed by atoms with Crippen LogP contribution in [-0.2, 0) is 4.79 Å². The van der Waals surface area contributed by atoms with E-state index in [2.05, 4.69) is 11.4 Å². The minimum absolute atomic E-state index is 0.0392. The lowest BCUT2D eigenvalue weighted by Gasteiger charge is -2.13. The highest BCUT2D eigenvalue weighted by atomic mass is 32.2. The first kappa shape index (κ1) is 18.7. The second-order valence-corrected chi connectivity index (χ2v) is 7.95. The molecule has 0 saturated heterocycles. The molecule has 0 fully saturated rings. The Bertz CT molecular complexity index is 802. The maximum atomic E-state index is 11.9. The van der Waals surface area contributed by atoms with E-state index in [-0.39, 0.29) is 12.5 Å². The monoisotopic (exact) mass is 383 g/mol. The van der Waals surface area contributed by atoms with Crippen molar-refractivity contribution >= 4 is 29.0 Å². The van der Waals surface area contributed by atoms with Crippen LogP contribution in [0.4, 0.5) is 0 Å². The third kappa shape index (κ3) is 5.46. The van der Waals surface area contributed by atoms with Crippen LogP contribution in [0.25, 0.3) is 10.4 Å². The van der Waals surface area contributed by atoms with Crippen molar-refractivity contribution in [3.8, 4) is 10.4 Å². The van der Waals surface area contributed by atoms with Crippen molar-refractivity contribution in [2.24, 2.45) is 0 Å². The molecule has 26 heavy (non-hydrogen) atoms. The van der Waals surface area contributed by atoms with E-state index in [1.807, 2.05) is 66.0 Å². The van der Waals surface area contributed by atoms with Crippen LogP contribution < -0.4 is 5.32 Å². The SMILES string of the molecule is O=C(CCSc1ccccc1)NCC(O)c1ccc(-c2cccs2)cc1. The molecule has 5 heteroatoms. The molecule has 0 spiro atoms. The minimum atomic E-state index is -0.696. The summed E-state index contributed by atoms with van der Waals surface area (Å²) < 4.78 is 0. The van der Waals surface area contributed by atoms with Gasteiger partial charge < -0.3 is 10.4 Å². The number of aliphatic hydroxyl groups excluding tert-OH is 1. The standard InChI is InChI=1S/C21H21NO2S2/c23-19(16-8-10-17(11-9-16)20-7-4-13-26-20)15-22-21(24)12-14-25-18-5-2-1-3-6-18/h1-11,13,19,23H,12,14-15H2,(H,22,24). The molecule has 3 rings (SSSR count). The molecule has 2 N–H and O–H groups in total. The van der Waals surface area contributed by atoms with Crippen LogP contribution in [0, 0.1) is 0 Å². The summed E-state index contributed by atoms with van der Waals surface area (Å²) in [6.07, 6.45) is -0.262. The van der Waals surface area contributed by atoms with Gasteiger partial charge in [0.1, 0.15) is 0 Å². The molecule has 0 bridgehead atoms. The number of hydrogen-bond acceptors (Lipinski definition) is 4. The fourth-order valence-corrected chi connectivity index (χ4v) is 4.11. The molecule has 134 valence electrons. The normalized spacial score (nSPS) is 11.9. The molecule has 2 aromatic carbocycles. The Morgan fingerprint density at radius 3 is 2.50 bits per heavy atom. The second-order valence-electron chi connectivity index (χ2n) is 5.83. The number of carbonyl (C=O) groups is 1. The smallest absolute Gasteiger partial charge is 0.220 e. The number of nitrogens with one attached hydrogen (secondary N) is 1. The highest BCUT2D eigenvalue weighted by molar-refractivity contribution is 7.99. The van der Waals surface area contributed by atoms with Gasteiger partial charge in [-0.2, -0.15) is 0 Å². The van der Waals surface area contributed by atoms with E-state index in [0.29, 0.717) is 6.42 Å². The van der Waals surface area contributed by atoms with Gasteiger partial charge in [0.25, 0.3) is 0 Å². The molecule has 1 unspecified atom stereocenters. The Hall–Kier alpha value is -2.08. The molecule has 1 aromatic heterocycles. The number of carbonyl (C=O) groups excluding carboxylic acids is 1. The summed E-state index contributed by atoms with van der Waals surface area (Å²) in [4.78, 5) is 14.3. The summed E-state index contributed by atoms with van der Waals surface area (Å²) in [5.41, 5.74) is 1.95. The van der Waals surface area contributed by atoms with E-state index in [1.165, 1.54) is 4.88 Å². The maximum Gasteiger partial charge on any atom is 0.220 e. The molecule has 3 nitrogen and oxygen atoms in total. The van der Waals surface area contributed by atoms with Gasteiger partial charge in [0.2, 0.25) is 5.91 Å². The van der Waals surface area contributed by atoms with Gasteiger partial charge in [-0.25, -0.2) is 0 Å². The summed E-state index contributed by atoms with van der Waals surface area (Å²) in [5.74, 6) is 0.684. The second kappa shape index (κ2) is 9.57. The van der Waals surface area contributed by atoms with Crippen LogP contribution in [-0.4, -0.2) is 23.3 Å². The highest BCUT2D eigenvalue weighted by Gasteiger charge is 2.10. The van der Waals surface area contributed by atoms with Crippen molar-refractivity contribution in [1.29, 1.82) is 0 Å². The highest BCUT2D eigenvalue weighted by Crippen LogP contribution is 2.26. The average molecular weight is 384 g/mol. The zero-order chi connectivity index (χ0) is 18.2. The fraction of sp³-hybridized carbons (Fsp3) is 0.190. The lowest BCUT2D eigenvalue weighted by molar-refractivity contribution is -0.121. The summed E-state index contributed by atoms with van der Waals surface area (Å²) in [6.45, 7) is 0.229. The minimum Gasteiger partial charge on any atom is -0.387 e. The van der Waals surface area contributed by atoms with Gasteiger partial charge in [-0.1, -0.05) is 48.5 Å². The fourth-order valence-electron chi connectivity index (χ4n) is 2.51. The van der Waals surface area contributed by atoms with Gasteiger partial charge in [0, 0.05) is 28.5 Å². The van der Waals surface area contributed by atoms with Gasteiger partial charge in [0.05, 0.1) is 6.10 Å². The summed E-state index contributed by atoms with van der Waals surface area (Å²) in [6, 6.07) is 22.0. The average Bonchev–Trinajstić information content (AvgIpc) is 3.22. The summed E-state index contributed by atoms with van der Waals surface area (Å²) in [5, 5.41) is 15.1. The van der Waals surface area contributed by atoms with Crippen molar-refractivity contribution in [2.75, 3.05) is 12.3 Å². The van der Waals surface area contributed by atoms with E-state index in [9.17, 15) is 9.90 Å². The molecular weight excluding hydrogens is 362 g/mol. The molecule has 0 aliphatic carbocycles. The topological polar surface area (TPSA) is 49.3 Å². The van der Waals surface area contributed by atoms with Gasteiger partial charge in [-0.15, -0.1) is 23.1 Å². The van der Waals surface area contributed by atoms with E-state index < -0.39 is 6.10 Å². The van der Waals surface area contributed by atoms with Crippen LogP contribution in [0.5, 0.6) is 0 Å². The Morgan fingerprint density at radius 2 is 1.81 bits per heavy atom. The van der Waals surface area contributed by atoms with Crippen molar-refractivity contribution in [3.05, 3.63) is 77.7 Å². The van der Waals surface area contributed by atoms with E-state index in [1.54, 1.807) is 23.1 Å². The number of thioether (sulfide) groups is 1. The van der Waals surface area contributed by atoms with Crippen LogP contribution in [0.15, 0.2) is 77.0 Å². The lowest BCUT2D eigenvalue weighted by atomic mass is 10.1. The number of benzene rings is 2. The van der Waals surface area contributed by atoms with Gasteiger partial charge in [0.15, 0.2) is 0 Å². The molecule has 1 amide bonds. The van der Waals surface area contributed by atoms with Crippen LogP contribution >= 0.6 is 23.1 Å². The first-order valence-corrected chi connectivity index (χ1v) is 10.4. The number of amides is 1. The first-order chi connectivity index (χ1) is 12.7. The maximum absolute atomic E-state index is 11.9. The Balaban J connectivity index is 1.41. The first-order valence-electron chi connectivity index (χ1n) is 8.49. The number of aliphatic hydroxyl groups is 1. The number of hydrogen-bond donors (Lipinski definition) is 2. The third-order valence-corrected chi connectivity index (χ3v) is 5.87. The van der Waals surface area contributed by atoms with Crippen LogP contribution in [0.2, 0.25) is 0 Å².